The smallest absolute Gasteiger partial charge is 0.353 e. The van der Waals surface area contributed by atoms with Gasteiger partial charge in [-0.1, -0.05) is 0 Å². The summed E-state index contributed by atoms with van der Waals surface area (Å²) in [6.07, 6.45) is 2.24. The van der Waals surface area contributed by atoms with E-state index in [0.717, 1.165) is 57.9 Å². The molecule has 1 aliphatic rings. The van der Waals surface area contributed by atoms with Crippen LogP contribution in [0.3, 0.4) is 0 Å². The zero-order valence-corrected chi connectivity index (χ0v) is 12.0. The van der Waals surface area contributed by atoms with E-state index in [-0.39, 0.29) is 5.69 Å². The number of nitrogens with zero attached hydrogens (tertiary/aromatic N) is 5. The average molecular weight is 291 g/mol. The van der Waals surface area contributed by atoms with E-state index in [9.17, 15) is 4.79 Å². The molecule has 1 saturated heterocycles. The summed E-state index contributed by atoms with van der Waals surface area (Å²) in [5, 5.41) is 10.6. The van der Waals surface area contributed by atoms with Crippen molar-refractivity contribution in [2.75, 3.05) is 44.2 Å². The van der Waals surface area contributed by atoms with Crippen LogP contribution in [0.2, 0.25) is 0 Å². The Morgan fingerprint density at radius 2 is 2.00 bits per heavy atom. The normalized spacial score (nSPS) is 16.7. The summed E-state index contributed by atoms with van der Waals surface area (Å²) in [4.78, 5) is 16.2. The van der Waals surface area contributed by atoms with E-state index in [0.29, 0.717) is 5.65 Å². The van der Waals surface area contributed by atoms with E-state index >= 15 is 0 Å². The summed E-state index contributed by atoms with van der Waals surface area (Å²) >= 11 is 0. The quantitative estimate of drug-likeness (QED) is 0.706. The molecule has 0 amide bonds. The van der Waals surface area contributed by atoms with E-state index < -0.39 is 0 Å². The third kappa shape index (κ3) is 3.06. The van der Waals surface area contributed by atoms with Gasteiger partial charge in [0.15, 0.2) is 5.65 Å². The zero-order chi connectivity index (χ0) is 14.7. The second kappa shape index (κ2) is 6.23. The van der Waals surface area contributed by atoms with Gasteiger partial charge in [0.2, 0.25) is 0 Å². The minimum Gasteiger partial charge on any atom is -0.353 e. The maximum absolute atomic E-state index is 11.6. The van der Waals surface area contributed by atoms with Gasteiger partial charge in [0.05, 0.1) is 0 Å². The number of hydrogen-bond donors (Lipinski definition) is 2. The molecule has 3 rings (SSSR count). The van der Waals surface area contributed by atoms with Crippen molar-refractivity contribution in [3.8, 4) is 0 Å². The summed E-state index contributed by atoms with van der Waals surface area (Å²) in [7, 11) is 0. The maximum Gasteiger partial charge on any atom is 0.364 e. The van der Waals surface area contributed by atoms with Crippen molar-refractivity contribution in [3.63, 3.8) is 0 Å². The molecule has 3 N–H and O–H groups in total. The van der Waals surface area contributed by atoms with Crippen molar-refractivity contribution in [2.24, 2.45) is 5.73 Å². The molecule has 1 aliphatic heterocycles. The Kier molecular flexibility index (Phi) is 4.16. The second-order valence-corrected chi connectivity index (χ2v) is 5.31. The van der Waals surface area contributed by atoms with Crippen molar-refractivity contribution in [1.82, 2.24) is 24.7 Å². The predicted octanol–water partition coefficient (Wildman–Crippen LogP) is -0.721. The van der Waals surface area contributed by atoms with Crippen LogP contribution in [0.25, 0.3) is 5.65 Å². The van der Waals surface area contributed by atoms with Gasteiger partial charge in [0.1, 0.15) is 5.82 Å². The van der Waals surface area contributed by atoms with Crippen LogP contribution in [-0.2, 0) is 0 Å². The number of H-pyrrole nitrogens is 1. The monoisotopic (exact) mass is 291 g/mol. The lowest BCUT2D eigenvalue weighted by Gasteiger charge is -2.35. The van der Waals surface area contributed by atoms with Crippen LogP contribution in [0.1, 0.15) is 12.8 Å². The first-order valence-corrected chi connectivity index (χ1v) is 7.40. The van der Waals surface area contributed by atoms with Gasteiger partial charge in [-0.15, -0.1) is 5.10 Å². The maximum atomic E-state index is 11.6. The molecule has 2 aromatic heterocycles. The van der Waals surface area contributed by atoms with Crippen LogP contribution in [0, 0.1) is 0 Å². The molecule has 21 heavy (non-hydrogen) atoms. The van der Waals surface area contributed by atoms with Crippen molar-refractivity contribution in [2.45, 2.75) is 12.8 Å². The highest BCUT2D eigenvalue weighted by Gasteiger charge is 2.18. The van der Waals surface area contributed by atoms with Gasteiger partial charge in [-0.3, -0.25) is 4.90 Å². The summed E-state index contributed by atoms with van der Waals surface area (Å²) in [5.41, 5.74) is 5.77. The molecule has 1 fully saturated rings. The fourth-order valence-electron chi connectivity index (χ4n) is 2.64. The summed E-state index contributed by atoms with van der Waals surface area (Å²) in [5.74, 6) is 0.826. The highest BCUT2D eigenvalue weighted by Crippen LogP contribution is 2.13. The standard InChI is InChI=1S/C13H21N7O/c14-5-1-2-6-18-7-9-19(10-8-18)12-4-3-11-15-16-13(21)20(11)17-12/h3-4H,1-2,5-10,14H2,(H,16,21). The zero-order valence-electron chi connectivity index (χ0n) is 12.0. The van der Waals surface area contributed by atoms with Crippen LogP contribution in [0.15, 0.2) is 16.9 Å². The Bertz CT molecular complexity index is 641. The van der Waals surface area contributed by atoms with Crippen LogP contribution in [-0.4, -0.2) is 64.0 Å². The largest absolute Gasteiger partial charge is 0.364 e. The lowest BCUT2D eigenvalue weighted by molar-refractivity contribution is 0.253. The molecule has 0 atom stereocenters. The van der Waals surface area contributed by atoms with Gasteiger partial charge >= 0.3 is 5.69 Å². The van der Waals surface area contributed by atoms with Crippen molar-refractivity contribution in [1.29, 1.82) is 0 Å². The number of rotatable bonds is 5. The van der Waals surface area contributed by atoms with Gasteiger partial charge in [0.25, 0.3) is 0 Å². The van der Waals surface area contributed by atoms with Crippen molar-refractivity contribution in [3.05, 3.63) is 22.6 Å². The summed E-state index contributed by atoms with van der Waals surface area (Å²) in [6.45, 7) is 5.76. The van der Waals surface area contributed by atoms with Gasteiger partial charge in [0, 0.05) is 26.2 Å². The number of nitrogens with one attached hydrogen (secondary N) is 1. The minimum atomic E-state index is -0.299. The SMILES string of the molecule is NCCCCN1CCN(c2ccc3n[nH]c(=O)n3n2)CC1. The second-order valence-electron chi connectivity index (χ2n) is 5.31. The Morgan fingerprint density at radius 3 is 2.76 bits per heavy atom. The Morgan fingerprint density at radius 1 is 1.19 bits per heavy atom. The third-order valence-corrected chi connectivity index (χ3v) is 3.88. The van der Waals surface area contributed by atoms with Gasteiger partial charge < -0.3 is 10.6 Å². The van der Waals surface area contributed by atoms with E-state index in [1.54, 1.807) is 0 Å². The molecule has 0 radical (unpaired) electrons. The van der Waals surface area contributed by atoms with Crippen LogP contribution in [0.5, 0.6) is 0 Å². The number of aromatic nitrogens is 4. The van der Waals surface area contributed by atoms with E-state index in [4.69, 9.17) is 5.73 Å². The van der Waals surface area contributed by atoms with E-state index in [1.165, 1.54) is 4.52 Å². The topological polar surface area (TPSA) is 95.5 Å². The number of piperazine rings is 1. The molecule has 8 nitrogen and oxygen atoms in total. The molecule has 0 aliphatic carbocycles. The first-order chi connectivity index (χ1) is 10.3. The summed E-state index contributed by atoms with van der Waals surface area (Å²) < 4.78 is 1.31. The fraction of sp³-hybridized carbons (Fsp3) is 0.615. The van der Waals surface area contributed by atoms with Crippen LogP contribution >= 0.6 is 0 Å². The number of aromatic amines is 1. The van der Waals surface area contributed by atoms with Crippen LogP contribution < -0.4 is 16.3 Å². The third-order valence-electron chi connectivity index (χ3n) is 3.88. The molecule has 0 spiro atoms. The molecular formula is C13H21N7O. The molecule has 0 aromatic carbocycles. The van der Waals surface area contributed by atoms with Gasteiger partial charge in [-0.25, -0.2) is 9.89 Å². The van der Waals surface area contributed by atoms with E-state index in [1.807, 2.05) is 12.1 Å². The molecule has 0 saturated carbocycles. The van der Waals surface area contributed by atoms with Crippen molar-refractivity contribution >= 4 is 11.5 Å². The predicted molar refractivity (Wildman–Crippen MR) is 80.5 cm³/mol. The molecule has 8 heteroatoms. The van der Waals surface area contributed by atoms with Crippen molar-refractivity contribution < 1.29 is 0 Å². The number of unbranched alkanes of at least 4 members (excludes halogenated alkanes) is 1. The number of nitrogens with two attached hydrogens (primary N) is 1. The van der Waals surface area contributed by atoms with E-state index in [2.05, 4.69) is 25.1 Å². The lowest BCUT2D eigenvalue weighted by atomic mass is 10.2. The molecule has 0 unspecified atom stereocenters. The highest BCUT2D eigenvalue weighted by atomic mass is 16.2. The molecule has 114 valence electrons. The molecular weight excluding hydrogens is 270 g/mol. The molecule has 0 bridgehead atoms. The lowest BCUT2D eigenvalue weighted by Crippen LogP contribution is -2.47. The number of hydrogen-bond acceptors (Lipinski definition) is 6. The Balaban J connectivity index is 1.62. The summed E-state index contributed by atoms with van der Waals surface area (Å²) in [6, 6.07) is 3.73. The van der Waals surface area contributed by atoms with Crippen LogP contribution in [0.4, 0.5) is 5.82 Å². The number of fused-ring (bicyclic) bond motifs is 1. The first-order valence-electron chi connectivity index (χ1n) is 7.40. The highest BCUT2D eigenvalue weighted by molar-refractivity contribution is 5.45. The first kappa shape index (κ1) is 14.0. The minimum absolute atomic E-state index is 0.299. The fourth-order valence-corrected chi connectivity index (χ4v) is 2.64. The average Bonchev–Trinajstić information content (AvgIpc) is 2.89. The Labute approximate surface area is 122 Å². The molecule has 3 heterocycles. The number of anilines is 1. The van der Waals surface area contributed by atoms with Gasteiger partial charge in [-0.05, 0) is 38.1 Å². The molecule has 2 aromatic rings. The Hall–Kier alpha value is -1.93. The van der Waals surface area contributed by atoms with Gasteiger partial charge in [-0.2, -0.15) is 9.61 Å².